The first-order valence-electron chi connectivity index (χ1n) is 7.23. The first kappa shape index (κ1) is 16.4. The first-order valence-corrected chi connectivity index (χ1v) is 9.72. The van der Waals surface area contributed by atoms with Crippen LogP contribution in [0, 0.1) is 6.92 Å². The molecule has 1 aromatic carbocycles. The van der Waals surface area contributed by atoms with Gasteiger partial charge < -0.3 is 5.11 Å². The number of nitrogens with zero attached hydrogens (tertiary/aromatic N) is 4. The van der Waals surface area contributed by atoms with Crippen molar-refractivity contribution in [2.75, 3.05) is 0 Å². The summed E-state index contributed by atoms with van der Waals surface area (Å²) < 4.78 is 2.39. The van der Waals surface area contributed by atoms with E-state index in [9.17, 15) is 9.90 Å². The maximum atomic E-state index is 12.4. The summed E-state index contributed by atoms with van der Waals surface area (Å²) in [7, 11) is 1.70. The van der Waals surface area contributed by atoms with Gasteiger partial charge in [-0.25, -0.2) is 9.98 Å². The zero-order chi connectivity index (χ0) is 17.7. The van der Waals surface area contributed by atoms with Crippen molar-refractivity contribution in [2.45, 2.75) is 6.92 Å². The summed E-state index contributed by atoms with van der Waals surface area (Å²) >= 11 is 6.08. The van der Waals surface area contributed by atoms with Crippen molar-refractivity contribution in [3.8, 4) is 5.88 Å². The molecular weight excluding hydrogens is 424 g/mol. The Hall–Kier alpha value is -2.10. The zero-order valence-electron chi connectivity index (χ0n) is 13.1. The van der Waals surface area contributed by atoms with Crippen LogP contribution in [-0.2, 0) is 11.8 Å². The Kier molecular flexibility index (Phi) is 3.94. The van der Waals surface area contributed by atoms with Gasteiger partial charge in [0.15, 0.2) is 4.80 Å². The number of hydrogen-bond acceptors (Lipinski definition) is 6. The molecule has 0 atom stereocenters. The number of benzene rings is 1. The second-order valence-electron chi connectivity index (χ2n) is 5.43. The van der Waals surface area contributed by atoms with Gasteiger partial charge in [0.2, 0.25) is 11.0 Å². The average Bonchev–Trinajstić information content (AvgIpc) is 3.19. The molecule has 9 heteroatoms. The summed E-state index contributed by atoms with van der Waals surface area (Å²) in [6.07, 6.45) is 0. The normalized spacial score (nSPS) is 14.1. The van der Waals surface area contributed by atoms with Crippen molar-refractivity contribution in [3.05, 3.63) is 54.0 Å². The van der Waals surface area contributed by atoms with E-state index >= 15 is 0 Å². The topological polar surface area (TPSA) is 79.8 Å². The van der Waals surface area contributed by atoms with E-state index in [0.717, 1.165) is 10.2 Å². The first-order chi connectivity index (χ1) is 11.9. The van der Waals surface area contributed by atoms with Crippen LogP contribution < -0.4 is 15.4 Å². The number of aryl methyl sites for hydroxylation is 1. The van der Waals surface area contributed by atoms with Crippen LogP contribution in [0.5, 0.6) is 5.88 Å². The quantitative estimate of drug-likeness (QED) is 0.668. The summed E-state index contributed by atoms with van der Waals surface area (Å²) in [5, 5.41) is 14.4. The van der Waals surface area contributed by atoms with Crippen molar-refractivity contribution in [2.24, 2.45) is 17.0 Å². The van der Waals surface area contributed by atoms with E-state index in [2.05, 4.69) is 30.9 Å². The summed E-state index contributed by atoms with van der Waals surface area (Å²) in [5.74, 6) is -0.370. The fourth-order valence-corrected chi connectivity index (χ4v) is 4.64. The molecule has 4 rings (SSSR count). The molecule has 0 fully saturated rings. The number of amides is 1. The molecule has 0 aliphatic carbocycles. The molecule has 0 saturated carbocycles. The Bertz CT molecular complexity index is 1220. The van der Waals surface area contributed by atoms with Gasteiger partial charge in [0.05, 0.1) is 16.6 Å². The highest BCUT2D eigenvalue weighted by Crippen LogP contribution is 2.28. The zero-order valence-corrected chi connectivity index (χ0v) is 16.4. The van der Waals surface area contributed by atoms with Crippen LogP contribution in [0.4, 0.5) is 5.13 Å². The van der Waals surface area contributed by atoms with Gasteiger partial charge in [-0.2, -0.15) is 4.99 Å². The fourth-order valence-electron chi connectivity index (χ4n) is 2.49. The van der Waals surface area contributed by atoms with Gasteiger partial charge in [0, 0.05) is 22.1 Å². The average molecular weight is 435 g/mol. The summed E-state index contributed by atoms with van der Waals surface area (Å²) in [6, 6.07) is 5.44. The van der Waals surface area contributed by atoms with E-state index in [1.807, 2.05) is 24.4 Å². The fraction of sp³-hybridized carbons (Fsp3) is 0.125. The molecule has 25 heavy (non-hydrogen) atoms. The van der Waals surface area contributed by atoms with Crippen LogP contribution in [0.3, 0.4) is 0 Å². The van der Waals surface area contributed by atoms with E-state index in [1.54, 1.807) is 17.7 Å². The van der Waals surface area contributed by atoms with Crippen LogP contribution in [0.2, 0.25) is 0 Å². The molecule has 0 radical (unpaired) electrons. The predicted octanol–water partition coefficient (Wildman–Crippen LogP) is 1.91. The number of carbonyl (C=O) groups is 1. The lowest BCUT2D eigenvalue weighted by atomic mass is 10.1. The minimum atomic E-state index is -0.359. The summed E-state index contributed by atoms with van der Waals surface area (Å²) in [6.45, 7) is 1.90. The molecule has 126 valence electrons. The van der Waals surface area contributed by atoms with Crippen molar-refractivity contribution in [3.63, 3.8) is 0 Å². The Morgan fingerprint density at radius 1 is 1.36 bits per heavy atom. The minimum absolute atomic E-state index is 0.0107. The number of rotatable bonds is 2. The molecule has 0 saturated heterocycles. The summed E-state index contributed by atoms with van der Waals surface area (Å²) in [5.41, 5.74) is 1.29. The van der Waals surface area contributed by atoms with Gasteiger partial charge in [-0.3, -0.25) is 9.36 Å². The van der Waals surface area contributed by atoms with E-state index < -0.39 is 0 Å². The van der Waals surface area contributed by atoms with Crippen molar-refractivity contribution >= 4 is 55.2 Å². The Labute approximate surface area is 158 Å². The number of halogens is 1. The Morgan fingerprint density at radius 3 is 2.88 bits per heavy atom. The molecule has 0 unspecified atom stereocenters. The minimum Gasteiger partial charge on any atom is -0.493 e. The van der Waals surface area contributed by atoms with E-state index in [4.69, 9.17) is 0 Å². The highest BCUT2D eigenvalue weighted by Gasteiger charge is 2.25. The molecule has 1 aliphatic heterocycles. The van der Waals surface area contributed by atoms with Crippen molar-refractivity contribution < 1.29 is 9.90 Å². The standard InChI is InChI=1S/C16H11BrN4O2S2/c1-7-6-24-15(18-7)20-16-21(2)14(23)12(25-16)11-9-5-8(17)3-4-10(9)19-13(11)22/h3-6,23H,1-2H3/b20-16+. The lowest BCUT2D eigenvalue weighted by molar-refractivity contribution is -0.112. The summed E-state index contributed by atoms with van der Waals surface area (Å²) in [4.78, 5) is 26.3. The van der Waals surface area contributed by atoms with Crippen molar-refractivity contribution in [1.82, 2.24) is 9.55 Å². The van der Waals surface area contributed by atoms with Gasteiger partial charge in [0.25, 0.3) is 5.91 Å². The highest BCUT2D eigenvalue weighted by atomic mass is 79.9. The Morgan fingerprint density at radius 2 is 2.16 bits per heavy atom. The molecule has 6 nitrogen and oxygen atoms in total. The molecule has 2 aromatic heterocycles. The molecule has 0 spiro atoms. The number of aromatic nitrogens is 2. The van der Waals surface area contributed by atoms with Gasteiger partial charge >= 0.3 is 0 Å². The third-order valence-electron chi connectivity index (χ3n) is 3.69. The molecular formula is C16H11BrN4O2S2. The SMILES string of the molecule is Cc1csc(/N=c2/sc(C3=c4cc(Br)ccc4=NC3=O)c(O)n2C)n1. The van der Waals surface area contributed by atoms with Gasteiger partial charge in [-0.05, 0) is 25.1 Å². The smallest absolute Gasteiger partial charge is 0.279 e. The van der Waals surface area contributed by atoms with Gasteiger partial charge in [0.1, 0.15) is 4.88 Å². The van der Waals surface area contributed by atoms with Crippen LogP contribution in [0.1, 0.15) is 10.6 Å². The number of carbonyl (C=O) groups excluding carboxylic acids is 1. The van der Waals surface area contributed by atoms with Gasteiger partial charge in [-0.1, -0.05) is 27.3 Å². The third-order valence-corrected chi connectivity index (χ3v) is 6.17. The monoisotopic (exact) mass is 434 g/mol. The number of aromatic hydroxyl groups is 1. The molecule has 1 aliphatic rings. The van der Waals surface area contributed by atoms with Crippen LogP contribution in [0.25, 0.3) is 5.57 Å². The molecule has 3 aromatic rings. The number of fused-ring (bicyclic) bond motifs is 1. The molecule has 3 heterocycles. The maximum absolute atomic E-state index is 12.4. The van der Waals surface area contributed by atoms with E-state index in [0.29, 0.717) is 31.0 Å². The van der Waals surface area contributed by atoms with Crippen LogP contribution in [0.15, 0.2) is 38.0 Å². The van der Waals surface area contributed by atoms with E-state index in [1.165, 1.54) is 22.7 Å². The lowest BCUT2D eigenvalue weighted by Crippen LogP contribution is -2.22. The number of hydrogen-bond donors (Lipinski definition) is 1. The largest absolute Gasteiger partial charge is 0.493 e. The van der Waals surface area contributed by atoms with E-state index in [-0.39, 0.29) is 11.8 Å². The van der Waals surface area contributed by atoms with Gasteiger partial charge in [-0.15, -0.1) is 11.3 Å². The van der Waals surface area contributed by atoms with Crippen molar-refractivity contribution in [1.29, 1.82) is 0 Å². The molecule has 1 N–H and O–H groups in total. The second-order valence-corrected chi connectivity index (χ2v) is 8.16. The molecule has 1 amide bonds. The van der Waals surface area contributed by atoms with Crippen LogP contribution in [-0.4, -0.2) is 20.6 Å². The number of thiazole rings is 2. The second kappa shape index (κ2) is 6.01. The highest BCUT2D eigenvalue weighted by molar-refractivity contribution is 9.10. The Balaban J connectivity index is 1.98. The lowest BCUT2D eigenvalue weighted by Gasteiger charge is -1.98. The molecule has 0 bridgehead atoms. The maximum Gasteiger partial charge on any atom is 0.279 e. The van der Waals surface area contributed by atoms with Crippen LogP contribution >= 0.6 is 38.6 Å². The predicted molar refractivity (Wildman–Crippen MR) is 99.5 cm³/mol. The third kappa shape index (κ3) is 2.78.